The molecule has 12 heteroatoms. The Labute approximate surface area is 198 Å². The normalized spacial score (nSPS) is 14.4. The molecule has 3 aromatic rings. The maximum atomic E-state index is 13.6. The number of rotatable bonds is 6. The lowest BCUT2D eigenvalue weighted by molar-refractivity contribution is -0.138. The van der Waals surface area contributed by atoms with E-state index >= 15 is 0 Å². The molecule has 1 fully saturated rings. The molecule has 1 aliphatic heterocycles. The van der Waals surface area contributed by atoms with Crippen LogP contribution in [0.25, 0.3) is 5.65 Å². The van der Waals surface area contributed by atoms with Gasteiger partial charge in [-0.25, -0.2) is 13.9 Å². The maximum Gasteiger partial charge on any atom is 0.417 e. The molecule has 2 aromatic heterocycles. The predicted octanol–water partition coefficient (Wildman–Crippen LogP) is 3.38. The first-order valence-corrected chi connectivity index (χ1v) is 11.2. The number of halogens is 4. The first kappa shape index (κ1) is 24.4. The number of aromatic nitrogens is 3. The molecule has 2 amide bonds. The Bertz CT molecular complexity index is 1230. The standard InChI is InChI=1S/C23H24F4N6O2/c1-2-3-8-28-21(34)18-14-33-19(29-18)6-7-20(30-33)31-9-11-32(12-10-31)22(35)16-13-15(24)4-5-17(16)23(25,26)27/h4-7,13-14H,2-3,8-12H2,1H3,(H,28,34). The highest BCUT2D eigenvalue weighted by molar-refractivity contribution is 5.96. The van der Waals surface area contributed by atoms with Gasteiger partial charge in [-0.1, -0.05) is 13.3 Å². The van der Waals surface area contributed by atoms with Crippen molar-refractivity contribution in [3.63, 3.8) is 0 Å². The maximum absolute atomic E-state index is 13.6. The Hall–Kier alpha value is -3.70. The lowest BCUT2D eigenvalue weighted by Crippen LogP contribution is -2.49. The molecule has 186 valence electrons. The van der Waals surface area contributed by atoms with Gasteiger partial charge in [0.25, 0.3) is 11.8 Å². The van der Waals surface area contributed by atoms with Crippen LogP contribution in [0.5, 0.6) is 0 Å². The van der Waals surface area contributed by atoms with E-state index in [1.165, 1.54) is 15.6 Å². The molecule has 0 bridgehead atoms. The number of carbonyl (C=O) groups is 2. The van der Waals surface area contributed by atoms with Crippen molar-refractivity contribution in [2.45, 2.75) is 25.9 Å². The van der Waals surface area contributed by atoms with E-state index in [1.807, 2.05) is 11.8 Å². The molecule has 35 heavy (non-hydrogen) atoms. The number of fused-ring (bicyclic) bond motifs is 1. The van der Waals surface area contributed by atoms with Crippen LogP contribution in [-0.2, 0) is 6.18 Å². The Morgan fingerprint density at radius 1 is 1.09 bits per heavy atom. The SMILES string of the molecule is CCCCNC(=O)c1cn2nc(N3CCN(C(=O)c4cc(F)ccc4C(F)(F)F)CC3)ccc2n1. The van der Waals surface area contributed by atoms with Gasteiger partial charge in [0, 0.05) is 32.7 Å². The fraction of sp³-hybridized carbons (Fsp3) is 0.391. The number of amides is 2. The van der Waals surface area contributed by atoms with Crippen molar-refractivity contribution in [1.29, 1.82) is 0 Å². The monoisotopic (exact) mass is 492 g/mol. The zero-order valence-corrected chi connectivity index (χ0v) is 19.0. The number of piperazine rings is 1. The summed E-state index contributed by atoms with van der Waals surface area (Å²) in [4.78, 5) is 32.4. The van der Waals surface area contributed by atoms with E-state index < -0.39 is 29.0 Å². The zero-order valence-electron chi connectivity index (χ0n) is 19.0. The summed E-state index contributed by atoms with van der Waals surface area (Å²) in [6.07, 6.45) is -1.41. The van der Waals surface area contributed by atoms with Gasteiger partial charge in [0.2, 0.25) is 0 Å². The number of alkyl halides is 3. The van der Waals surface area contributed by atoms with Gasteiger partial charge in [0.15, 0.2) is 5.65 Å². The molecule has 4 rings (SSSR count). The highest BCUT2D eigenvalue weighted by atomic mass is 19.4. The van der Waals surface area contributed by atoms with Crippen LogP contribution < -0.4 is 10.2 Å². The molecule has 3 heterocycles. The number of unbranched alkanes of at least 4 members (excludes halogenated alkanes) is 1. The van der Waals surface area contributed by atoms with Crippen molar-refractivity contribution >= 4 is 23.3 Å². The second-order valence-corrected chi connectivity index (χ2v) is 8.20. The van der Waals surface area contributed by atoms with E-state index in [4.69, 9.17) is 0 Å². The van der Waals surface area contributed by atoms with Crippen LogP contribution in [0.3, 0.4) is 0 Å². The van der Waals surface area contributed by atoms with Crippen molar-refractivity contribution in [2.75, 3.05) is 37.6 Å². The number of hydrogen-bond donors (Lipinski definition) is 1. The average molecular weight is 492 g/mol. The minimum atomic E-state index is -4.77. The van der Waals surface area contributed by atoms with Gasteiger partial charge in [-0.2, -0.15) is 13.2 Å². The number of benzene rings is 1. The quantitative estimate of drug-likeness (QED) is 0.422. The van der Waals surface area contributed by atoms with Gasteiger partial charge in [-0.05, 0) is 36.8 Å². The fourth-order valence-corrected chi connectivity index (χ4v) is 3.87. The smallest absolute Gasteiger partial charge is 0.352 e. The highest BCUT2D eigenvalue weighted by Crippen LogP contribution is 2.33. The van der Waals surface area contributed by atoms with Crippen molar-refractivity contribution in [2.24, 2.45) is 0 Å². The minimum Gasteiger partial charge on any atom is -0.352 e. The topological polar surface area (TPSA) is 82.8 Å². The number of carbonyl (C=O) groups excluding carboxylic acids is 2. The molecule has 1 aromatic carbocycles. The van der Waals surface area contributed by atoms with Crippen molar-refractivity contribution in [3.8, 4) is 0 Å². The third-order valence-electron chi connectivity index (χ3n) is 5.76. The van der Waals surface area contributed by atoms with Crippen molar-refractivity contribution in [3.05, 3.63) is 59.2 Å². The van der Waals surface area contributed by atoms with Gasteiger partial charge < -0.3 is 15.1 Å². The van der Waals surface area contributed by atoms with Crippen LogP contribution in [-0.4, -0.2) is 64.0 Å². The van der Waals surface area contributed by atoms with Crippen molar-refractivity contribution in [1.82, 2.24) is 24.8 Å². The van der Waals surface area contributed by atoms with Gasteiger partial charge in [0.05, 0.1) is 17.3 Å². The van der Waals surface area contributed by atoms with E-state index in [0.29, 0.717) is 49.3 Å². The average Bonchev–Trinajstić information content (AvgIpc) is 3.26. The number of hydrogen-bond acceptors (Lipinski definition) is 5. The molecule has 1 N–H and O–H groups in total. The van der Waals surface area contributed by atoms with E-state index in [1.54, 1.807) is 12.1 Å². The summed E-state index contributed by atoms with van der Waals surface area (Å²) in [5.74, 6) is -1.49. The van der Waals surface area contributed by atoms with E-state index in [0.717, 1.165) is 12.8 Å². The molecule has 0 aliphatic carbocycles. The number of nitrogens with one attached hydrogen (secondary N) is 1. The first-order valence-electron chi connectivity index (χ1n) is 11.2. The second-order valence-electron chi connectivity index (χ2n) is 8.20. The van der Waals surface area contributed by atoms with E-state index in [9.17, 15) is 27.2 Å². The molecule has 0 unspecified atom stereocenters. The van der Waals surface area contributed by atoms with Gasteiger partial charge >= 0.3 is 6.18 Å². The lowest BCUT2D eigenvalue weighted by atomic mass is 10.0. The molecular formula is C23H24F4N6O2. The Balaban J connectivity index is 1.44. The van der Waals surface area contributed by atoms with E-state index in [2.05, 4.69) is 15.4 Å². The molecule has 0 saturated carbocycles. The van der Waals surface area contributed by atoms with Crippen LogP contribution in [0, 0.1) is 5.82 Å². The van der Waals surface area contributed by atoms with Crippen LogP contribution in [0.4, 0.5) is 23.4 Å². The fourth-order valence-electron chi connectivity index (χ4n) is 3.87. The Morgan fingerprint density at radius 3 is 2.51 bits per heavy atom. The summed E-state index contributed by atoms with van der Waals surface area (Å²) in [7, 11) is 0. The molecule has 8 nitrogen and oxygen atoms in total. The zero-order chi connectivity index (χ0) is 25.2. The van der Waals surface area contributed by atoms with Crippen LogP contribution in [0.1, 0.15) is 46.2 Å². The molecule has 0 spiro atoms. The third kappa shape index (κ3) is 5.36. The summed E-state index contributed by atoms with van der Waals surface area (Å²) in [6, 6.07) is 5.34. The molecule has 0 atom stereocenters. The van der Waals surface area contributed by atoms with Gasteiger partial charge in [0.1, 0.15) is 17.3 Å². The van der Waals surface area contributed by atoms with Gasteiger partial charge in [-0.3, -0.25) is 9.59 Å². The number of nitrogens with zero attached hydrogens (tertiary/aromatic N) is 5. The summed E-state index contributed by atoms with van der Waals surface area (Å²) in [6.45, 7) is 3.51. The van der Waals surface area contributed by atoms with Crippen LogP contribution in [0.15, 0.2) is 36.5 Å². The highest BCUT2D eigenvalue weighted by Gasteiger charge is 2.37. The minimum absolute atomic E-state index is 0.140. The summed E-state index contributed by atoms with van der Waals surface area (Å²) >= 11 is 0. The van der Waals surface area contributed by atoms with E-state index in [-0.39, 0.29) is 24.7 Å². The Kier molecular flexibility index (Phi) is 6.90. The summed E-state index contributed by atoms with van der Waals surface area (Å²) in [5.41, 5.74) is -1.12. The number of anilines is 1. The summed E-state index contributed by atoms with van der Waals surface area (Å²) < 4.78 is 55.0. The predicted molar refractivity (Wildman–Crippen MR) is 120 cm³/mol. The van der Waals surface area contributed by atoms with Gasteiger partial charge in [-0.15, -0.1) is 5.10 Å². The van der Waals surface area contributed by atoms with Crippen molar-refractivity contribution < 1.29 is 27.2 Å². The largest absolute Gasteiger partial charge is 0.417 e. The molecular weight excluding hydrogens is 468 g/mol. The molecule has 1 aliphatic rings. The second kappa shape index (κ2) is 9.88. The molecule has 0 radical (unpaired) electrons. The Morgan fingerprint density at radius 2 is 1.83 bits per heavy atom. The van der Waals surface area contributed by atoms with Crippen LogP contribution in [0.2, 0.25) is 0 Å². The number of imidazole rings is 1. The summed E-state index contributed by atoms with van der Waals surface area (Å²) in [5, 5.41) is 7.28. The first-order chi connectivity index (χ1) is 16.7. The third-order valence-corrected chi connectivity index (χ3v) is 5.76. The van der Waals surface area contributed by atoms with Crippen LogP contribution >= 0.6 is 0 Å². The lowest BCUT2D eigenvalue weighted by Gasteiger charge is -2.35. The molecule has 1 saturated heterocycles.